The molecule has 1 amide bonds. The van der Waals surface area contributed by atoms with Crippen LogP contribution in [0.5, 0.6) is 0 Å². The molecule has 128 valence electrons. The number of carbonyl (C=O) groups excluding carboxylic acids is 1. The fourth-order valence-electron chi connectivity index (χ4n) is 2.51. The summed E-state index contributed by atoms with van der Waals surface area (Å²) in [6.07, 6.45) is 2.05. The number of hydrogen-bond donors (Lipinski definition) is 1. The Morgan fingerprint density at radius 1 is 1.16 bits per heavy atom. The standard InChI is InChI=1S/C18H15Cl2N3O2/c19-13-8-14-17(15(20)9-13)22-11-23(18(14)25)10-16(24)21-7-6-12-4-2-1-3-5-12/h1-5,8-9,11H,6-7,10H2,(H,21,24). The highest BCUT2D eigenvalue weighted by Crippen LogP contribution is 2.23. The fourth-order valence-corrected chi connectivity index (χ4v) is 3.05. The van der Waals surface area contributed by atoms with Gasteiger partial charge in [0.25, 0.3) is 5.56 Å². The van der Waals surface area contributed by atoms with Gasteiger partial charge in [-0.1, -0.05) is 53.5 Å². The first-order valence-corrected chi connectivity index (χ1v) is 8.45. The Hall–Kier alpha value is -2.37. The average molecular weight is 376 g/mol. The van der Waals surface area contributed by atoms with Gasteiger partial charge < -0.3 is 5.32 Å². The molecule has 1 N–H and O–H groups in total. The van der Waals surface area contributed by atoms with Crippen molar-refractivity contribution < 1.29 is 4.79 Å². The summed E-state index contributed by atoms with van der Waals surface area (Å²) in [6.45, 7) is 0.386. The molecule has 1 aromatic heterocycles. The molecular formula is C18H15Cl2N3O2. The molecule has 0 unspecified atom stereocenters. The molecule has 1 heterocycles. The predicted molar refractivity (Wildman–Crippen MR) is 99.2 cm³/mol. The van der Waals surface area contributed by atoms with E-state index in [-0.39, 0.29) is 23.4 Å². The molecule has 0 aliphatic heterocycles. The highest BCUT2D eigenvalue weighted by Gasteiger charge is 2.11. The Labute approximate surface area is 154 Å². The van der Waals surface area contributed by atoms with Crippen molar-refractivity contribution in [2.75, 3.05) is 6.54 Å². The number of hydrogen-bond acceptors (Lipinski definition) is 3. The van der Waals surface area contributed by atoms with Gasteiger partial charge in [-0.2, -0.15) is 0 Å². The minimum atomic E-state index is -0.354. The monoisotopic (exact) mass is 375 g/mol. The van der Waals surface area contributed by atoms with E-state index >= 15 is 0 Å². The van der Waals surface area contributed by atoms with Crippen LogP contribution in [0.15, 0.2) is 53.6 Å². The first-order chi connectivity index (χ1) is 12.0. The molecule has 0 saturated heterocycles. The lowest BCUT2D eigenvalue weighted by Gasteiger charge is -2.09. The molecule has 3 aromatic rings. The van der Waals surface area contributed by atoms with Crippen molar-refractivity contribution in [3.8, 4) is 0 Å². The lowest BCUT2D eigenvalue weighted by Crippen LogP contribution is -2.33. The second kappa shape index (κ2) is 7.68. The van der Waals surface area contributed by atoms with Crippen molar-refractivity contribution >= 4 is 40.0 Å². The van der Waals surface area contributed by atoms with Gasteiger partial charge in [-0.05, 0) is 24.1 Å². The van der Waals surface area contributed by atoms with Crippen LogP contribution in [0.25, 0.3) is 10.9 Å². The maximum absolute atomic E-state index is 12.5. The zero-order valence-corrected chi connectivity index (χ0v) is 14.7. The van der Waals surface area contributed by atoms with E-state index in [1.54, 1.807) is 0 Å². The summed E-state index contributed by atoms with van der Waals surface area (Å²) >= 11 is 12.0. The SMILES string of the molecule is O=C(Cn1cnc2c(Cl)cc(Cl)cc2c1=O)NCCc1ccccc1. The second-order valence-electron chi connectivity index (χ2n) is 5.55. The Bertz CT molecular complexity index is 971. The van der Waals surface area contributed by atoms with Crippen LogP contribution >= 0.6 is 23.2 Å². The lowest BCUT2D eigenvalue weighted by molar-refractivity contribution is -0.121. The van der Waals surface area contributed by atoms with Crippen LogP contribution in [0.2, 0.25) is 10.0 Å². The third-order valence-electron chi connectivity index (χ3n) is 3.74. The van der Waals surface area contributed by atoms with E-state index in [2.05, 4.69) is 10.3 Å². The number of nitrogens with zero attached hydrogens (tertiary/aromatic N) is 2. The van der Waals surface area contributed by atoms with E-state index in [0.29, 0.717) is 22.1 Å². The number of aromatic nitrogens is 2. The number of benzene rings is 2. The molecule has 0 bridgehead atoms. The highest BCUT2D eigenvalue weighted by molar-refractivity contribution is 6.38. The van der Waals surface area contributed by atoms with E-state index in [0.717, 1.165) is 12.0 Å². The summed E-state index contributed by atoms with van der Waals surface area (Å²) in [5, 5.41) is 3.74. The number of rotatable bonds is 5. The summed E-state index contributed by atoms with van der Waals surface area (Å²) in [5.74, 6) is -0.257. The number of carbonyl (C=O) groups is 1. The number of fused-ring (bicyclic) bond motifs is 1. The molecule has 0 saturated carbocycles. The van der Waals surface area contributed by atoms with E-state index in [1.807, 2.05) is 30.3 Å². The molecular weight excluding hydrogens is 361 g/mol. The molecule has 0 spiro atoms. The van der Waals surface area contributed by atoms with Gasteiger partial charge in [0.15, 0.2) is 0 Å². The van der Waals surface area contributed by atoms with Crippen LogP contribution in [0.3, 0.4) is 0 Å². The smallest absolute Gasteiger partial charge is 0.261 e. The fraction of sp³-hybridized carbons (Fsp3) is 0.167. The molecule has 7 heteroatoms. The minimum absolute atomic E-state index is 0.110. The third kappa shape index (κ3) is 4.18. The first-order valence-electron chi connectivity index (χ1n) is 7.69. The van der Waals surface area contributed by atoms with Gasteiger partial charge in [-0.25, -0.2) is 4.98 Å². The van der Waals surface area contributed by atoms with Crippen LogP contribution in [0.1, 0.15) is 5.56 Å². The van der Waals surface area contributed by atoms with Crippen molar-refractivity contribution in [3.05, 3.63) is 74.8 Å². The summed E-state index contributed by atoms with van der Waals surface area (Å²) < 4.78 is 1.24. The van der Waals surface area contributed by atoms with E-state index in [4.69, 9.17) is 23.2 Å². The van der Waals surface area contributed by atoms with E-state index in [9.17, 15) is 9.59 Å². The summed E-state index contributed by atoms with van der Waals surface area (Å²) in [5.41, 5.74) is 1.15. The molecule has 25 heavy (non-hydrogen) atoms. The van der Waals surface area contributed by atoms with Gasteiger partial charge >= 0.3 is 0 Å². The largest absolute Gasteiger partial charge is 0.354 e. The minimum Gasteiger partial charge on any atom is -0.354 e. The second-order valence-corrected chi connectivity index (χ2v) is 6.39. The van der Waals surface area contributed by atoms with Gasteiger partial charge in [0.05, 0.1) is 22.3 Å². The lowest BCUT2D eigenvalue weighted by atomic mass is 10.1. The number of nitrogens with one attached hydrogen (secondary N) is 1. The maximum atomic E-state index is 12.5. The van der Waals surface area contributed by atoms with Crippen molar-refractivity contribution in [1.29, 1.82) is 0 Å². The van der Waals surface area contributed by atoms with Gasteiger partial charge in [0, 0.05) is 11.6 Å². The Morgan fingerprint density at radius 3 is 2.68 bits per heavy atom. The molecule has 5 nitrogen and oxygen atoms in total. The van der Waals surface area contributed by atoms with Gasteiger partial charge in [0.1, 0.15) is 6.54 Å². The Balaban J connectivity index is 1.69. The van der Waals surface area contributed by atoms with E-state index in [1.165, 1.54) is 23.0 Å². The van der Waals surface area contributed by atoms with Crippen molar-refractivity contribution in [2.24, 2.45) is 0 Å². The van der Waals surface area contributed by atoms with Crippen molar-refractivity contribution in [1.82, 2.24) is 14.9 Å². The quantitative estimate of drug-likeness (QED) is 0.745. The maximum Gasteiger partial charge on any atom is 0.261 e. The van der Waals surface area contributed by atoms with Crippen molar-refractivity contribution in [3.63, 3.8) is 0 Å². The molecule has 0 radical (unpaired) electrons. The number of halogens is 2. The zero-order valence-electron chi connectivity index (χ0n) is 13.2. The predicted octanol–water partition coefficient (Wildman–Crippen LogP) is 3.06. The Kier molecular flexibility index (Phi) is 5.36. The number of amides is 1. The van der Waals surface area contributed by atoms with E-state index < -0.39 is 0 Å². The molecule has 0 aliphatic carbocycles. The Morgan fingerprint density at radius 2 is 1.92 bits per heavy atom. The molecule has 0 fully saturated rings. The van der Waals surface area contributed by atoms with Crippen molar-refractivity contribution in [2.45, 2.75) is 13.0 Å². The van der Waals surface area contributed by atoms with Crippen LogP contribution in [0, 0.1) is 0 Å². The highest BCUT2D eigenvalue weighted by atomic mass is 35.5. The molecule has 3 rings (SSSR count). The molecule has 2 aromatic carbocycles. The average Bonchev–Trinajstić information content (AvgIpc) is 2.59. The van der Waals surface area contributed by atoms with Crippen LogP contribution in [-0.2, 0) is 17.8 Å². The van der Waals surface area contributed by atoms with Gasteiger partial charge in [-0.15, -0.1) is 0 Å². The first kappa shape index (κ1) is 17.5. The summed E-state index contributed by atoms with van der Waals surface area (Å²) in [4.78, 5) is 28.7. The summed E-state index contributed by atoms with van der Waals surface area (Å²) in [7, 11) is 0. The van der Waals surface area contributed by atoms with Crippen LogP contribution in [-0.4, -0.2) is 22.0 Å². The summed E-state index contributed by atoms with van der Waals surface area (Å²) in [6, 6.07) is 12.9. The van der Waals surface area contributed by atoms with Gasteiger partial charge in [0.2, 0.25) is 5.91 Å². The normalized spacial score (nSPS) is 10.8. The van der Waals surface area contributed by atoms with Crippen LogP contribution < -0.4 is 10.9 Å². The van der Waals surface area contributed by atoms with Gasteiger partial charge in [-0.3, -0.25) is 14.2 Å². The topological polar surface area (TPSA) is 64.0 Å². The third-order valence-corrected chi connectivity index (χ3v) is 4.24. The molecule has 0 aliphatic rings. The van der Waals surface area contributed by atoms with Crippen LogP contribution in [0.4, 0.5) is 0 Å². The molecule has 0 atom stereocenters. The zero-order chi connectivity index (χ0) is 17.8.